The summed E-state index contributed by atoms with van der Waals surface area (Å²) >= 11 is 0. The lowest BCUT2D eigenvalue weighted by molar-refractivity contribution is 0.0702. The van der Waals surface area contributed by atoms with Crippen LogP contribution in [-0.2, 0) is 99.0 Å². The van der Waals surface area contributed by atoms with Crippen molar-refractivity contribution in [3.8, 4) is 16.9 Å². The summed E-state index contributed by atoms with van der Waals surface area (Å²) in [6.07, 6.45) is 3.40. The number of hydroxylamine groups is 4. The van der Waals surface area contributed by atoms with Crippen molar-refractivity contribution in [2.75, 3.05) is 33.3 Å². The molecule has 9 aromatic rings. The van der Waals surface area contributed by atoms with E-state index in [2.05, 4.69) is 4.98 Å². The molecule has 8 N–H and O–H groups in total. The first kappa shape index (κ1) is 75.6. The zero-order valence-corrected chi connectivity index (χ0v) is 58.7. The van der Waals surface area contributed by atoms with Gasteiger partial charge in [0.05, 0.1) is 21.8 Å². The Bertz CT molecular complexity index is 5150. The quantitative estimate of drug-likeness (QED) is 0.0394. The average Bonchev–Trinajstić information content (AvgIpc) is 1.66. The molecule has 0 radical (unpaired) electrons. The summed E-state index contributed by atoms with van der Waals surface area (Å²) in [5.74, 6) is -2.01. The second-order valence-electron chi connectivity index (χ2n) is 24.0. The first-order chi connectivity index (χ1) is 49.1. The summed E-state index contributed by atoms with van der Waals surface area (Å²) in [5, 5.41) is 34.9. The zero-order chi connectivity index (χ0) is 74.1. The highest BCUT2D eigenvalue weighted by molar-refractivity contribution is 7.90. The van der Waals surface area contributed by atoms with E-state index >= 15 is 0 Å². The Labute approximate surface area is 592 Å². The minimum Gasteiger partial charge on any atom is -0.497 e. The van der Waals surface area contributed by atoms with Crippen molar-refractivity contribution in [1.82, 2.24) is 48.7 Å². The molecule has 4 aliphatic heterocycles. The molecule has 0 bridgehead atoms. The molecule has 13 rings (SSSR count). The Morgan fingerprint density at radius 2 is 0.738 bits per heavy atom. The number of methoxy groups -OCH3 is 1. The summed E-state index contributed by atoms with van der Waals surface area (Å²) in [6, 6.07) is 43.2. The van der Waals surface area contributed by atoms with Crippen LogP contribution < -0.4 is 26.7 Å². The molecular weight excluding hydrogens is 1420 g/mol. The van der Waals surface area contributed by atoms with Gasteiger partial charge in [-0.25, -0.2) is 69.4 Å². The number of nitrogens with zero attached hydrogens (tertiary/aromatic N) is 6. The molecule has 0 fully saturated rings. The van der Waals surface area contributed by atoms with Crippen molar-refractivity contribution >= 4 is 63.7 Å². The predicted octanol–water partition coefficient (Wildman–Crippen LogP) is 7.21. The van der Waals surface area contributed by atoms with Crippen LogP contribution in [0.5, 0.6) is 5.75 Å². The van der Waals surface area contributed by atoms with Crippen molar-refractivity contribution < 1.29 is 87.2 Å². The van der Waals surface area contributed by atoms with Gasteiger partial charge in [-0.1, -0.05) is 48.5 Å². The SMILES string of the molecule is COc1ccc(S(=O)(=O)N2CCc3cc(C(=O)NO)ccc3C2)cc1.Cc1nc(S(=O)(=O)N2CCc3cc(C(=O)NO)ccc3C2)cn1C.O=C(NO)c1ccc2c(c1)CCN(S(=O)(=O)c1ccc(F)cc1)C2.O=C(NO)c1ccc2c(c1)CCN(S(=O)(=O)c1cccc(-c3ccc(F)cc3)c1)C2. The fourth-order valence-corrected chi connectivity index (χ4v) is 17.6. The maximum atomic E-state index is 13.2. The van der Waals surface area contributed by atoms with Gasteiger partial charge in [0.25, 0.3) is 33.7 Å². The molecule has 4 aliphatic rings. The Morgan fingerprint density at radius 1 is 0.408 bits per heavy atom. The molecule has 4 amide bonds. The Morgan fingerprint density at radius 3 is 1.07 bits per heavy atom. The smallest absolute Gasteiger partial charge is 0.274 e. The Balaban J connectivity index is 0.000000148. The molecule has 1 aromatic heterocycles. The van der Waals surface area contributed by atoms with Gasteiger partial charge < -0.3 is 9.30 Å². The number of fused-ring (bicyclic) bond motifs is 4. The van der Waals surface area contributed by atoms with Crippen molar-refractivity contribution in [1.29, 1.82) is 0 Å². The van der Waals surface area contributed by atoms with Crippen LogP contribution in [0.25, 0.3) is 11.1 Å². The number of amides is 4. The normalized spacial score (nSPS) is 14.7. The number of carbonyl (C=O) groups is 4. The van der Waals surface area contributed by atoms with E-state index in [0.29, 0.717) is 78.2 Å². The van der Waals surface area contributed by atoms with Crippen LogP contribution in [0.4, 0.5) is 8.78 Å². The summed E-state index contributed by atoms with van der Waals surface area (Å²) in [6.45, 7) is 3.77. The first-order valence-electron chi connectivity index (χ1n) is 31.6. The molecular formula is C70H70F2N10O17S4. The van der Waals surface area contributed by atoms with Gasteiger partial charge >= 0.3 is 0 Å². The maximum Gasteiger partial charge on any atom is 0.274 e. The number of hydrogen-bond donors (Lipinski definition) is 8. The summed E-state index contributed by atoms with van der Waals surface area (Å²) in [7, 11) is -11.4. The lowest BCUT2D eigenvalue weighted by atomic mass is 9.98. The Hall–Kier alpha value is -10.0. The topological polar surface area (TPSA) is 374 Å². The summed E-state index contributed by atoms with van der Waals surface area (Å²) in [5.41, 5.74) is 15.9. The number of benzene rings is 8. The monoisotopic (exact) mass is 1490 g/mol. The van der Waals surface area contributed by atoms with E-state index in [9.17, 15) is 61.6 Å². The number of nitrogens with one attached hydrogen (secondary N) is 4. The van der Waals surface area contributed by atoms with Gasteiger partial charge in [0.15, 0.2) is 5.03 Å². The number of aromatic nitrogens is 2. The third-order valence-electron chi connectivity index (χ3n) is 17.7. The van der Waals surface area contributed by atoms with Crippen LogP contribution in [0.3, 0.4) is 0 Å². The number of ether oxygens (including phenoxy) is 1. The number of rotatable bonds is 14. The second-order valence-corrected chi connectivity index (χ2v) is 31.7. The molecule has 540 valence electrons. The number of aryl methyl sites for hydroxylation is 2. The number of halogens is 2. The van der Waals surface area contributed by atoms with Gasteiger partial charge in [-0.3, -0.25) is 40.0 Å². The van der Waals surface area contributed by atoms with Crippen molar-refractivity contribution in [3.05, 3.63) is 260 Å². The minimum atomic E-state index is -3.73. The third kappa shape index (κ3) is 17.2. The van der Waals surface area contributed by atoms with Crippen LogP contribution in [0.1, 0.15) is 91.8 Å². The van der Waals surface area contributed by atoms with Crippen LogP contribution in [-0.4, -0.2) is 138 Å². The van der Waals surface area contributed by atoms with Crippen LogP contribution in [0.15, 0.2) is 196 Å². The van der Waals surface area contributed by atoms with Crippen molar-refractivity contribution in [3.63, 3.8) is 0 Å². The number of carbonyl (C=O) groups excluding carboxylic acids is 4. The molecule has 103 heavy (non-hydrogen) atoms. The summed E-state index contributed by atoms with van der Waals surface area (Å²) < 4.78 is 141. The standard InChI is InChI=1S/C22H19FN2O4S.C17H18N2O5S.C16H15FN2O4S.C15H18N4O4S/c23-20-8-6-15(7-9-20)16-2-1-3-21(13-16)30(28,29)25-11-10-17-12-18(22(26)24-27)4-5-19(17)14-25;1-24-15-4-6-16(7-5-15)25(22,23)19-9-8-12-10-13(17(20)18-21)2-3-14(12)11-19;17-14-3-5-15(6-4-14)24(22,23)19-8-7-11-9-12(16(20)18-21)1-2-13(11)10-19;1-10-16-14(9-18(10)2)24(22,23)19-6-5-11-7-12(15(20)17-21)3-4-13(11)8-19/h1-9,12-13,27H,10-11,14H2,(H,24,26);2-7,10,21H,8-9,11H2,1H3,(H,18,20);1-6,9,21H,7-8,10H2,(H,18,20);3-4,7,9,21H,5-6,8H2,1-2H3,(H,17,20). The largest absolute Gasteiger partial charge is 0.497 e. The maximum absolute atomic E-state index is 13.2. The average molecular weight is 1490 g/mol. The van der Waals surface area contributed by atoms with E-state index in [4.69, 9.17) is 25.6 Å². The van der Waals surface area contributed by atoms with Crippen LogP contribution in [0, 0.1) is 18.6 Å². The van der Waals surface area contributed by atoms with Crippen LogP contribution in [0.2, 0.25) is 0 Å². The fraction of sp³-hybridized carbons (Fsp3) is 0.214. The van der Waals surface area contributed by atoms with E-state index in [1.165, 1.54) is 73.0 Å². The van der Waals surface area contributed by atoms with Crippen LogP contribution >= 0.6 is 0 Å². The molecule has 33 heteroatoms. The van der Waals surface area contributed by atoms with Gasteiger partial charge in [0.1, 0.15) is 23.2 Å². The van der Waals surface area contributed by atoms with E-state index < -0.39 is 69.5 Å². The van der Waals surface area contributed by atoms with Gasteiger partial charge in [-0.05, 0) is 210 Å². The van der Waals surface area contributed by atoms with Gasteiger partial charge in [0, 0.05) is 87.9 Å². The molecule has 0 aliphatic carbocycles. The zero-order valence-electron chi connectivity index (χ0n) is 55.4. The molecule has 5 heterocycles. The molecule has 0 saturated carbocycles. The van der Waals surface area contributed by atoms with Gasteiger partial charge in [-0.2, -0.15) is 17.2 Å². The van der Waals surface area contributed by atoms with E-state index in [1.807, 2.05) is 0 Å². The van der Waals surface area contributed by atoms with Crippen molar-refractivity contribution in [2.45, 2.75) is 78.5 Å². The second kappa shape index (κ2) is 32.1. The summed E-state index contributed by atoms with van der Waals surface area (Å²) in [4.78, 5) is 50.5. The molecule has 0 unspecified atom stereocenters. The van der Waals surface area contributed by atoms with Gasteiger partial charge in [-0.15, -0.1) is 0 Å². The first-order valence-corrected chi connectivity index (χ1v) is 37.4. The molecule has 0 saturated heterocycles. The molecule has 8 aromatic carbocycles. The van der Waals surface area contributed by atoms with Gasteiger partial charge in [0.2, 0.25) is 30.1 Å². The lowest BCUT2D eigenvalue weighted by Crippen LogP contribution is -2.36. The predicted molar refractivity (Wildman–Crippen MR) is 367 cm³/mol. The minimum absolute atomic E-state index is 0.0437. The van der Waals surface area contributed by atoms with Crippen molar-refractivity contribution in [2.24, 2.45) is 7.05 Å². The molecule has 0 atom stereocenters. The van der Waals surface area contributed by atoms with E-state index in [-0.39, 0.29) is 64.8 Å². The molecule has 0 spiro atoms. The van der Waals surface area contributed by atoms with E-state index in [0.717, 1.165) is 62.2 Å². The highest BCUT2D eigenvalue weighted by atomic mass is 32.2. The molecule has 27 nitrogen and oxygen atoms in total. The highest BCUT2D eigenvalue weighted by Crippen LogP contribution is 2.32. The number of sulfonamides is 4. The van der Waals surface area contributed by atoms with E-state index in [1.54, 1.807) is 156 Å². The number of imidazole rings is 1. The highest BCUT2D eigenvalue weighted by Gasteiger charge is 2.34. The third-order valence-corrected chi connectivity index (χ3v) is 25.0. The fourth-order valence-electron chi connectivity index (χ4n) is 11.8. The lowest BCUT2D eigenvalue weighted by Gasteiger charge is -2.28. The Kier molecular flexibility index (Phi) is 23.6. The number of hydrogen-bond acceptors (Lipinski definition) is 18.